The molecule has 134 valence electrons. The molecular formula is C21H26FNO2. The first-order chi connectivity index (χ1) is 12.0. The van der Waals surface area contributed by atoms with Crippen LogP contribution in [0, 0.1) is 11.7 Å². The molecule has 0 bridgehead atoms. The second-order valence-electron chi connectivity index (χ2n) is 6.61. The first-order valence-electron chi connectivity index (χ1n) is 8.66. The molecule has 1 N–H and O–H groups in total. The van der Waals surface area contributed by atoms with Crippen molar-refractivity contribution in [2.75, 3.05) is 7.11 Å². The summed E-state index contributed by atoms with van der Waals surface area (Å²) in [5, 5.41) is 3.09. The maximum atomic E-state index is 13.7. The number of ether oxygens (including phenoxy) is 1. The second-order valence-corrected chi connectivity index (χ2v) is 6.61. The van der Waals surface area contributed by atoms with E-state index in [2.05, 4.69) is 19.2 Å². The number of benzene rings is 2. The van der Waals surface area contributed by atoms with Gasteiger partial charge in [0.1, 0.15) is 11.6 Å². The van der Waals surface area contributed by atoms with E-state index in [4.69, 9.17) is 4.74 Å². The summed E-state index contributed by atoms with van der Waals surface area (Å²) in [5.74, 6) is 0.908. The van der Waals surface area contributed by atoms with Gasteiger partial charge in [-0.25, -0.2) is 4.39 Å². The minimum atomic E-state index is -0.260. The van der Waals surface area contributed by atoms with Crippen LogP contribution < -0.4 is 10.1 Å². The molecule has 2 rings (SSSR count). The van der Waals surface area contributed by atoms with E-state index >= 15 is 0 Å². The zero-order valence-corrected chi connectivity index (χ0v) is 15.1. The molecule has 0 aliphatic rings. The van der Waals surface area contributed by atoms with E-state index in [1.165, 1.54) is 6.07 Å². The van der Waals surface area contributed by atoms with E-state index in [0.29, 0.717) is 17.9 Å². The number of halogens is 1. The molecule has 0 fully saturated rings. The summed E-state index contributed by atoms with van der Waals surface area (Å²) in [5.41, 5.74) is 1.62. The number of methoxy groups -OCH3 is 1. The van der Waals surface area contributed by atoms with Crippen LogP contribution in [0.3, 0.4) is 0 Å². The summed E-state index contributed by atoms with van der Waals surface area (Å²) in [6.45, 7) is 4.25. The summed E-state index contributed by atoms with van der Waals surface area (Å²) in [7, 11) is 1.63. The van der Waals surface area contributed by atoms with Crippen LogP contribution in [-0.4, -0.2) is 13.0 Å². The number of rotatable bonds is 8. The summed E-state index contributed by atoms with van der Waals surface area (Å²) in [6.07, 6.45) is 1.51. The monoisotopic (exact) mass is 343 g/mol. The van der Waals surface area contributed by atoms with E-state index < -0.39 is 0 Å². The van der Waals surface area contributed by atoms with Crippen molar-refractivity contribution in [2.45, 2.75) is 39.2 Å². The Hall–Kier alpha value is -2.36. The van der Waals surface area contributed by atoms with Crippen molar-refractivity contribution in [3.05, 3.63) is 65.5 Å². The zero-order chi connectivity index (χ0) is 18.2. The first kappa shape index (κ1) is 19.0. The average Bonchev–Trinajstić information content (AvgIpc) is 2.60. The van der Waals surface area contributed by atoms with Crippen molar-refractivity contribution >= 4 is 5.91 Å². The Morgan fingerprint density at radius 3 is 2.40 bits per heavy atom. The fourth-order valence-corrected chi connectivity index (χ4v) is 2.80. The van der Waals surface area contributed by atoms with Gasteiger partial charge in [0.15, 0.2) is 0 Å². The lowest BCUT2D eigenvalue weighted by Gasteiger charge is -2.21. The van der Waals surface area contributed by atoms with Crippen LogP contribution in [0.5, 0.6) is 5.75 Å². The summed E-state index contributed by atoms with van der Waals surface area (Å²) < 4.78 is 18.9. The van der Waals surface area contributed by atoms with Crippen LogP contribution in [0.25, 0.3) is 0 Å². The van der Waals surface area contributed by atoms with Gasteiger partial charge in [0.2, 0.25) is 5.91 Å². The van der Waals surface area contributed by atoms with Gasteiger partial charge in [-0.15, -0.1) is 0 Å². The van der Waals surface area contributed by atoms with E-state index in [0.717, 1.165) is 17.7 Å². The highest BCUT2D eigenvalue weighted by Gasteiger charge is 2.16. The Labute approximate surface area is 149 Å². The molecule has 0 spiro atoms. The maximum absolute atomic E-state index is 13.7. The van der Waals surface area contributed by atoms with Crippen molar-refractivity contribution in [3.8, 4) is 5.75 Å². The molecule has 0 saturated carbocycles. The molecule has 1 atom stereocenters. The van der Waals surface area contributed by atoms with Gasteiger partial charge in [-0.05, 0) is 48.1 Å². The fourth-order valence-electron chi connectivity index (χ4n) is 2.80. The molecule has 0 aliphatic heterocycles. The highest BCUT2D eigenvalue weighted by Crippen LogP contribution is 2.24. The molecule has 1 unspecified atom stereocenters. The van der Waals surface area contributed by atoms with Crippen molar-refractivity contribution < 1.29 is 13.9 Å². The van der Waals surface area contributed by atoms with Crippen LogP contribution in [-0.2, 0) is 11.2 Å². The first-order valence-corrected chi connectivity index (χ1v) is 8.66. The van der Waals surface area contributed by atoms with Crippen molar-refractivity contribution in [3.63, 3.8) is 0 Å². The predicted molar refractivity (Wildman–Crippen MR) is 98.1 cm³/mol. The Balaban J connectivity index is 2.00. The lowest BCUT2D eigenvalue weighted by molar-refractivity contribution is -0.121. The molecule has 0 saturated heterocycles. The number of carbonyl (C=O) groups excluding carboxylic acids is 1. The zero-order valence-electron chi connectivity index (χ0n) is 15.1. The molecule has 0 aromatic heterocycles. The number of hydrogen-bond acceptors (Lipinski definition) is 2. The van der Waals surface area contributed by atoms with Crippen LogP contribution in [0.4, 0.5) is 4.39 Å². The third kappa shape index (κ3) is 5.89. The largest absolute Gasteiger partial charge is 0.497 e. The second kappa shape index (κ2) is 9.21. The van der Waals surface area contributed by atoms with Gasteiger partial charge >= 0.3 is 0 Å². The van der Waals surface area contributed by atoms with Crippen molar-refractivity contribution in [1.82, 2.24) is 5.32 Å². The van der Waals surface area contributed by atoms with Crippen LogP contribution in [0.1, 0.15) is 43.9 Å². The normalized spacial score (nSPS) is 12.0. The molecule has 2 aromatic carbocycles. The van der Waals surface area contributed by atoms with Crippen LogP contribution >= 0.6 is 0 Å². The topological polar surface area (TPSA) is 38.3 Å². The van der Waals surface area contributed by atoms with Gasteiger partial charge in [0.25, 0.3) is 0 Å². The molecule has 4 heteroatoms. The number of nitrogens with one attached hydrogen (secondary N) is 1. The van der Waals surface area contributed by atoms with E-state index in [-0.39, 0.29) is 24.2 Å². The molecule has 3 nitrogen and oxygen atoms in total. The molecule has 1 amide bonds. The smallest absolute Gasteiger partial charge is 0.220 e. The van der Waals surface area contributed by atoms with Crippen LogP contribution in [0.15, 0.2) is 48.5 Å². The van der Waals surface area contributed by atoms with E-state index in [9.17, 15) is 9.18 Å². The third-order valence-electron chi connectivity index (χ3n) is 4.14. The Morgan fingerprint density at radius 2 is 1.80 bits per heavy atom. The third-order valence-corrected chi connectivity index (χ3v) is 4.14. The molecular weight excluding hydrogens is 317 g/mol. The molecule has 2 aromatic rings. The summed E-state index contributed by atoms with van der Waals surface area (Å²) >= 11 is 0. The van der Waals surface area contributed by atoms with Crippen molar-refractivity contribution in [2.24, 2.45) is 5.92 Å². The highest BCUT2D eigenvalue weighted by atomic mass is 19.1. The summed E-state index contributed by atoms with van der Waals surface area (Å²) in [4.78, 5) is 12.4. The number of carbonyl (C=O) groups is 1. The average molecular weight is 343 g/mol. The molecule has 0 heterocycles. The highest BCUT2D eigenvalue weighted by molar-refractivity contribution is 5.76. The fraction of sp³-hybridized carbons (Fsp3) is 0.381. The lowest BCUT2D eigenvalue weighted by atomic mass is 9.96. The molecule has 0 radical (unpaired) electrons. The van der Waals surface area contributed by atoms with Gasteiger partial charge in [0, 0.05) is 6.42 Å². The number of hydrogen-bond donors (Lipinski definition) is 1. The Morgan fingerprint density at radius 1 is 1.12 bits per heavy atom. The predicted octanol–water partition coefficient (Wildman–Crippen LogP) is 4.67. The lowest BCUT2D eigenvalue weighted by Crippen LogP contribution is -2.29. The van der Waals surface area contributed by atoms with E-state index in [1.807, 2.05) is 24.3 Å². The van der Waals surface area contributed by atoms with Gasteiger partial charge < -0.3 is 10.1 Å². The van der Waals surface area contributed by atoms with Crippen molar-refractivity contribution in [1.29, 1.82) is 0 Å². The minimum Gasteiger partial charge on any atom is -0.497 e. The summed E-state index contributed by atoms with van der Waals surface area (Å²) in [6, 6.07) is 14.3. The standard InChI is InChI=1S/C21H26FNO2/c1-15(2)14-20(17-8-11-18(25-3)12-9-17)23-21(24)13-10-16-6-4-5-7-19(16)22/h4-9,11-12,15,20H,10,13-14H2,1-3H3,(H,23,24). The minimum absolute atomic E-state index is 0.0565. The van der Waals surface area contributed by atoms with E-state index in [1.54, 1.807) is 25.3 Å². The van der Waals surface area contributed by atoms with Gasteiger partial charge in [-0.2, -0.15) is 0 Å². The molecule has 25 heavy (non-hydrogen) atoms. The van der Waals surface area contributed by atoms with Gasteiger partial charge in [-0.3, -0.25) is 4.79 Å². The maximum Gasteiger partial charge on any atom is 0.220 e. The van der Waals surface area contributed by atoms with Crippen LogP contribution in [0.2, 0.25) is 0 Å². The van der Waals surface area contributed by atoms with Gasteiger partial charge in [-0.1, -0.05) is 44.2 Å². The van der Waals surface area contributed by atoms with Gasteiger partial charge in [0.05, 0.1) is 13.2 Å². The SMILES string of the molecule is COc1ccc(C(CC(C)C)NC(=O)CCc2ccccc2F)cc1. The molecule has 0 aliphatic carbocycles. The Bertz CT molecular complexity index is 683. The number of amides is 1. The number of aryl methyl sites for hydroxylation is 1. The Kier molecular flexibility index (Phi) is 6.99. The quantitative estimate of drug-likeness (QED) is 0.756.